The Kier molecular flexibility index (Phi) is 10.1. The van der Waals surface area contributed by atoms with Crippen molar-refractivity contribution in [2.45, 2.75) is 19.0 Å². The number of hydrogen-bond acceptors (Lipinski definition) is 6. The first-order chi connectivity index (χ1) is 28.6. The number of benzene rings is 6. The van der Waals surface area contributed by atoms with Crippen LogP contribution in [0.2, 0.25) is 0 Å². The van der Waals surface area contributed by atoms with Crippen molar-refractivity contribution in [2.24, 2.45) is 9.98 Å². The molecule has 6 aromatic carbocycles. The second-order valence-electron chi connectivity index (χ2n) is 14.2. The average molecular weight is 749 g/mol. The lowest BCUT2D eigenvalue weighted by atomic mass is 9.89. The average Bonchev–Trinajstić information content (AvgIpc) is 3.32. The van der Waals surface area contributed by atoms with E-state index < -0.39 is 0 Å². The van der Waals surface area contributed by atoms with Gasteiger partial charge in [-0.25, -0.2) is 24.9 Å². The summed E-state index contributed by atoms with van der Waals surface area (Å²) in [5, 5.41) is 3.58. The van der Waals surface area contributed by atoms with Gasteiger partial charge in [0, 0.05) is 27.8 Å². The molecule has 278 valence electrons. The third-order valence-electron chi connectivity index (χ3n) is 10.4. The summed E-state index contributed by atoms with van der Waals surface area (Å²) in [6.45, 7) is 8.81. The molecule has 9 rings (SSSR count). The van der Waals surface area contributed by atoms with Crippen LogP contribution in [0.1, 0.15) is 46.8 Å². The van der Waals surface area contributed by atoms with E-state index in [1.54, 1.807) is 0 Å². The second-order valence-corrected chi connectivity index (χ2v) is 14.2. The van der Waals surface area contributed by atoms with E-state index in [1.165, 1.54) is 0 Å². The monoisotopic (exact) mass is 748 g/mol. The highest BCUT2D eigenvalue weighted by atomic mass is 15.2. The molecule has 1 N–H and O–H groups in total. The molecular weight excluding hydrogens is 709 g/mol. The molecular formula is C52H40N6. The molecule has 58 heavy (non-hydrogen) atoms. The van der Waals surface area contributed by atoms with Crippen LogP contribution >= 0.6 is 0 Å². The molecule has 1 unspecified atom stereocenters. The van der Waals surface area contributed by atoms with Crippen molar-refractivity contribution in [3.63, 3.8) is 0 Å². The second kappa shape index (κ2) is 16.3. The zero-order valence-electron chi connectivity index (χ0n) is 32.0. The van der Waals surface area contributed by atoms with Gasteiger partial charge in [-0.05, 0) is 51.8 Å². The van der Waals surface area contributed by atoms with Gasteiger partial charge in [0.1, 0.15) is 12.0 Å². The molecule has 0 radical (unpaired) electrons. The highest BCUT2D eigenvalue weighted by Gasteiger charge is 2.22. The fourth-order valence-corrected chi connectivity index (χ4v) is 7.33. The summed E-state index contributed by atoms with van der Waals surface area (Å²) in [5.74, 6) is 3.42. The first-order valence-corrected chi connectivity index (χ1v) is 19.5. The van der Waals surface area contributed by atoms with Crippen molar-refractivity contribution in [3.05, 3.63) is 223 Å². The number of nitrogens with one attached hydrogen (secondary N) is 1. The van der Waals surface area contributed by atoms with Crippen LogP contribution in [0.25, 0.3) is 56.9 Å². The Balaban J connectivity index is 0.994. The van der Waals surface area contributed by atoms with Gasteiger partial charge >= 0.3 is 0 Å². The zero-order chi connectivity index (χ0) is 39.3. The maximum Gasteiger partial charge on any atom is 0.164 e. The topological polar surface area (TPSA) is 75.4 Å². The van der Waals surface area contributed by atoms with Crippen LogP contribution in [0.5, 0.6) is 0 Å². The maximum atomic E-state index is 5.01. The van der Waals surface area contributed by atoms with E-state index in [0.29, 0.717) is 17.5 Å². The van der Waals surface area contributed by atoms with Crippen molar-refractivity contribution >= 4 is 23.3 Å². The first-order valence-electron chi connectivity index (χ1n) is 19.5. The van der Waals surface area contributed by atoms with Gasteiger partial charge in [0.2, 0.25) is 0 Å². The lowest BCUT2D eigenvalue weighted by molar-refractivity contribution is 0.674. The van der Waals surface area contributed by atoms with Crippen molar-refractivity contribution in [2.75, 3.05) is 0 Å². The van der Waals surface area contributed by atoms with Crippen molar-refractivity contribution in [3.8, 4) is 45.3 Å². The molecule has 2 heterocycles. The van der Waals surface area contributed by atoms with Crippen molar-refractivity contribution in [1.82, 2.24) is 20.3 Å². The summed E-state index contributed by atoms with van der Waals surface area (Å²) >= 11 is 0. The van der Waals surface area contributed by atoms with Gasteiger partial charge < -0.3 is 5.32 Å². The lowest BCUT2D eigenvalue weighted by Crippen LogP contribution is -2.33. The molecule has 6 nitrogen and oxygen atoms in total. The Morgan fingerprint density at radius 2 is 1.16 bits per heavy atom. The third-order valence-corrected chi connectivity index (χ3v) is 10.4. The van der Waals surface area contributed by atoms with E-state index in [9.17, 15) is 0 Å². The zero-order valence-corrected chi connectivity index (χ0v) is 32.0. The van der Waals surface area contributed by atoms with Gasteiger partial charge in [-0.3, -0.25) is 0 Å². The van der Waals surface area contributed by atoms with Crippen LogP contribution in [0.3, 0.4) is 0 Å². The molecule has 1 aromatic heterocycles. The normalized spacial score (nSPS) is 14.8. The summed E-state index contributed by atoms with van der Waals surface area (Å²) in [6.07, 6.45) is 10.2. The predicted octanol–water partition coefficient (Wildman–Crippen LogP) is 12.0. The maximum absolute atomic E-state index is 5.01. The van der Waals surface area contributed by atoms with Gasteiger partial charge in [-0.1, -0.05) is 195 Å². The number of amidine groups is 2. The molecule has 0 bridgehead atoms. The number of nitrogens with zero attached hydrogens (tertiary/aromatic N) is 5. The molecule has 0 saturated carbocycles. The van der Waals surface area contributed by atoms with Crippen LogP contribution in [0.4, 0.5) is 0 Å². The largest absolute Gasteiger partial charge is 0.344 e. The lowest BCUT2D eigenvalue weighted by Gasteiger charge is -2.24. The predicted molar refractivity (Wildman–Crippen MR) is 239 cm³/mol. The van der Waals surface area contributed by atoms with Crippen LogP contribution in [-0.2, 0) is 0 Å². The number of allylic oxidation sites excluding steroid dienone is 2. The Bertz CT molecular complexity index is 2690. The molecule has 1 aliphatic carbocycles. The van der Waals surface area contributed by atoms with Gasteiger partial charge in [0.05, 0.1) is 0 Å². The van der Waals surface area contributed by atoms with Crippen LogP contribution in [-0.4, -0.2) is 26.6 Å². The molecule has 0 amide bonds. The minimum Gasteiger partial charge on any atom is -0.344 e. The van der Waals surface area contributed by atoms with E-state index in [-0.39, 0.29) is 6.17 Å². The first kappa shape index (κ1) is 36.1. The highest BCUT2D eigenvalue weighted by Crippen LogP contribution is 2.35. The van der Waals surface area contributed by atoms with E-state index in [1.807, 2.05) is 84.9 Å². The number of aliphatic imine (C=N–C) groups is 2. The molecule has 0 fully saturated rings. The number of aromatic nitrogens is 3. The third kappa shape index (κ3) is 7.51. The SMILES string of the molecule is C=Cc1c(C(=C)c2ccc(C3=NC(C4=CCCC=C4)=NC(c4ccccc4)N3)cc2)cccc1-c1ccc(-c2nc(-c3ccccc3)nc(-c3ccccc3)n2)cc1. The summed E-state index contributed by atoms with van der Waals surface area (Å²) in [6, 6.07) is 53.5. The van der Waals surface area contributed by atoms with Crippen LogP contribution in [0, 0.1) is 0 Å². The van der Waals surface area contributed by atoms with E-state index in [2.05, 4.69) is 116 Å². The van der Waals surface area contributed by atoms with Crippen LogP contribution in [0.15, 0.2) is 205 Å². The summed E-state index contributed by atoms with van der Waals surface area (Å²) in [7, 11) is 0. The smallest absolute Gasteiger partial charge is 0.164 e. The van der Waals surface area contributed by atoms with Crippen LogP contribution < -0.4 is 5.32 Å². The van der Waals surface area contributed by atoms with E-state index in [4.69, 9.17) is 24.9 Å². The van der Waals surface area contributed by atoms with E-state index in [0.717, 1.165) is 91.3 Å². The fraction of sp³-hybridized carbons (Fsp3) is 0.0577. The van der Waals surface area contributed by atoms with Gasteiger partial charge in [0.25, 0.3) is 0 Å². The van der Waals surface area contributed by atoms with Gasteiger partial charge in [0.15, 0.2) is 23.3 Å². The molecule has 1 atom stereocenters. The number of hydrogen-bond donors (Lipinski definition) is 1. The molecule has 1 aliphatic heterocycles. The Morgan fingerprint density at radius 1 is 0.586 bits per heavy atom. The highest BCUT2D eigenvalue weighted by molar-refractivity contribution is 6.14. The Hall–Kier alpha value is -7.57. The quantitative estimate of drug-likeness (QED) is 0.151. The minimum absolute atomic E-state index is 0.239. The Labute approximate surface area is 339 Å². The van der Waals surface area contributed by atoms with Crippen molar-refractivity contribution < 1.29 is 0 Å². The molecule has 2 aliphatic rings. The summed E-state index contributed by atoms with van der Waals surface area (Å²) < 4.78 is 0. The van der Waals surface area contributed by atoms with Gasteiger partial charge in [-0.2, -0.15) is 0 Å². The van der Waals surface area contributed by atoms with Crippen molar-refractivity contribution in [1.29, 1.82) is 0 Å². The fourth-order valence-electron chi connectivity index (χ4n) is 7.33. The van der Waals surface area contributed by atoms with E-state index >= 15 is 0 Å². The summed E-state index contributed by atoms with van der Waals surface area (Å²) in [5.41, 5.74) is 12.0. The van der Waals surface area contributed by atoms with Gasteiger partial charge in [-0.15, -0.1) is 0 Å². The molecule has 0 spiro atoms. The minimum atomic E-state index is -0.239. The standard InChI is InChI=1S/C52H40N6/c1-3-44-45(35(2)36-27-31-42(32-28-36)51-55-47(38-17-8-4-9-18-38)53-48(56-51)39-19-10-5-11-20-39)25-16-26-46(44)37-29-33-43(34-30-37)52-57-49(40-21-12-6-13-22-40)54-50(58-52)41-23-14-7-15-24-41/h3-4,6-10,12-34,47H,1-2,5,11H2,(H,53,55,56). The molecule has 6 heteroatoms. The molecule has 0 saturated heterocycles. The Morgan fingerprint density at radius 3 is 1.74 bits per heavy atom. The molecule has 7 aromatic rings. The summed E-state index contributed by atoms with van der Waals surface area (Å²) in [4.78, 5) is 24.7. The number of rotatable bonds is 10.